The number of hydrogen-bond donors (Lipinski definition) is 1. The van der Waals surface area contributed by atoms with Crippen molar-refractivity contribution in [2.24, 2.45) is 11.8 Å². The van der Waals surface area contributed by atoms with Crippen molar-refractivity contribution in [2.75, 3.05) is 13.2 Å². The van der Waals surface area contributed by atoms with Gasteiger partial charge in [0.2, 0.25) is 0 Å². The van der Waals surface area contributed by atoms with Crippen molar-refractivity contribution >= 4 is 5.97 Å². The van der Waals surface area contributed by atoms with E-state index in [4.69, 9.17) is 9.84 Å². The Labute approximate surface area is 115 Å². The highest BCUT2D eigenvalue weighted by atomic mass is 16.5. The molecule has 1 aromatic rings. The third-order valence-corrected chi connectivity index (χ3v) is 3.24. The molecule has 0 aliphatic carbocycles. The average Bonchev–Trinajstić information content (AvgIpc) is 2.44. The van der Waals surface area contributed by atoms with E-state index in [-0.39, 0.29) is 24.4 Å². The first-order valence-electron chi connectivity index (χ1n) is 6.98. The van der Waals surface area contributed by atoms with E-state index >= 15 is 0 Å². The first-order chi connectivity index (χ1) is 9.17. The fourth-order valence-corrected chi connectivity index (χ4v) is 2.14. The highest BCUT2D eigenvalue weighted by Gasteiger charge is 2.21. The molecule has 0 fully saturated rings. The van der Waals surface area contributed by atoms with Crippen LogP contribution in [0.5, 0.6) is 0 Å². The van der Waals surface area contributed by atoms with Gasteiger partial charge in [-0.2, -0.15) is 0 Å². The smallest absolute Gasteiger partial charge is 0.308 e. The maximum atomic E-state index is 11.9. The van der Waals surface area contributed by atoms with E-state index in [0.717, 1.165) is 12.8 Å². The molecule has 1 rings (SSSR count). The zero-order valence-corrected chi connectivity index (χ0v) is 11.8. The van der Waals surface area contributed by atoms with Crippen LogP contribution in [0, 0.1) is 11.8 Å². The Morgan fingerprint density at radius 3 is 2.58 bits per heavy atom. The number of aryl methyl sites for hydroxylation is 1. The van der Waals surface area contributed by atoms with Crippen LogP contribution in [-0.4, -0.2) is 24.3 Å². The normalized spacial score (nSPS) is 13.8. The van der Waals surface area contributed by atoms with Crippen molar-refractivity contribution < 1.29 is 14.6 Å². The second-order valence-corrected chi connectivity index (χ2v) is 5.00. The van der Waals surface area contributed by atoms with Crippen LogP contribution < -0.4 is 0 Å². The maximum Gasteiger partial charge on any atom is 0.308 e. The number of aliphatic hydroxyl groups excluding tert-OH is 1. The van der Waals surface area contributed by atoms with Crippen molar-refractivity contribution in [3.05, 3.63) is 35.9 Å². The van der Waals surface area contributed by atoms with Gasteiger partial charge in [-0.3, -0.25) is 4.79 Å². The van der Waals surface area contributed by atoms with Gasteiger partial charge in [-0.25, -0.2) is 0 Å². The lowest BCUT2D eigenvalue weighted by molar-refractivity contribution is -0.149. The molecule has 0 saturated carbocycles. The first-order valence-corrected chi connectivity index (χ1v) is 6.98. The maximum absolute atomic E-state index is 11.9. The summed E-state index contributed by atoms with van der Waals surface area (Å²) in [7, 11) is 0. The summed E-state index contributed by atoms with van der Waals surface area (Å²) in [5.41, 5.74) is 1.23. The summed E-state index contributed by atoms with van der Waals surface area (Å²) < 4.78 is 5.12. The van der Waals surface area contributed by atoms with Gasteiger partial charge in [-0.1, -0.05) is 37.3 Å². The van der Waals surface area contributed by atoms with Crippen LogP contribution in [0.15, 0.2) is 30.3 Å². The summed E-state index contributed by atoms with van der Waals surface area (Å²) in [6.07, 6.45) is 2.32. The van der Waals surface area contributed by atoms with Gasteiger partial charge in [0.25, 0.3) is 0 Å². The predicted molar refractivity (Wildman–Crippen MR) is 75.8 cm³/mol. The van der Waals surface area contributed by atoms with Gasteiger partial charge in [-0.15, -0.1) is 0 Å². The van der Waals surface area contributed by atoms with Gasteiger partial charge >= 0.3 is 5.97 Å². The molecule has 0 aliphatic heterocycles. The zero-order valence-electron chi connectivity index (χ0n) is 11.8. The number of carbonyl (C=O) groups is 1. The highest BCUT2D eigenvalue weighted by Crippen LogP contribution is 2.20. The number of rotatable bonds is 8. The Morgan fingerprint density at radius 1 is 1.32 bits per heavy atom. The number of carbonyl (C=O) groups excluding carboxylic acids is 1. The molecule has 2 atom stereocenters. The van der Waals surface area contributed by atoms with E-state index in [9.17, 15) is 4.79 Å². The summed E-state index contributed by atoms with van der Waals surface area (Å²) in [6.45, 7) is 4.30. The van der Waals surface area contributed by atoms with Crippen LogP contribution in [-0.2, 0) is 16.0 Å². The number of aliphatic hydroxyl groups is 1. The van der Waals surface area contributed by atoms with Crippen molar-refractivity contribution in [3.8, 4) is 0 Å². The predicted octanol–water partition coefficient (Wildman–Crippen LogP) is 2.82. The van der Waals surface area contributed by atoms with E-state index in [1.54, 1.807) is 0 Å². The van der Waals surface area contributed by atoms with Gasteiger partial charge in [0.15, 0.2) is 0 Å². The molecule has 0 heterocycles. The van der Waals surface area contributed by atoms with E-state index in [1.807, 2.05) is 32.0 Å². The summed E-state index contributed by atoms with van der Waals surface area (Å²) in [4.78, 5) is 11.9. The topological polar surface area (TPSA) is 46.5 Å². The summed E-state index contributed by atoms with van der Waals surface area (Å²) >= 11 is 0. The minimum Gasteiger partial charge on any atom is -0.466 e. The molecule has 1 aromatic carbocycles. The Balaban J connectivity index is 2.55. The summed E-state index contributed by atoms with van der Waals surface area (Å²) in [5.74, 6) is -0.133. The van der Waals surface area contributed by atoms with Crippen LogP contribution in [0.25, 0.3) is 0 Å². The second-order valence-electron chi connectivity index (χ2n) is 5.00. The van der Waals surface area contributed by atoms with Crippen molar-refractivity contribution in [1.29, 1.82) is 0 Å². The van der Waals surface area contributed by atoms with E-state index in [1.165, 1.54) is 5.56 Å². The summed E-state index contributed by atoms with van der Waals surface area (Å²) in [5, 5.41) is 9.13. The fourth-order valence-electron chi connectivity index (χ4n) is 2.14. The Bertz CT molecular complexity index is 362. The lowest BCUT2D eigenvalue weighted by Gasteiger charge is -2.18. The molecule has 0 aromatic heterocycles. The van der Waals surface area contributed by atoms with Crippen molar-refractivity contribution in [3.63, 3.8) is 0 Å². The SMILES string of the molecule is CCOC(=O)[C@H](CCc1ccccc1)C[C@@H](C)CO. The van der Waals surface area contributed by atoms with Gasteiger partial charge < -0.3 is 9.84 Å². The molecule has 1 N–H and O–H groups in total. The van der Waals surface area contributed by atoms with Gasteiger partial charge in [-0.05, 0) is 37.7 Å². The zero-order chi connectivity index (χ0) is 14.1. The molecule has 0 radical (unpaired) electrons. The number of hydrogen-bond acceptors (Lipinski definition) is 3. The van der Waals surface area contributed by atoms with Gasteiger partial charge in [0.1, 0.15) is 0 Å². The number of esters is 1. The number of benzene rings is 1. The molecule has 0 spiro atoms. The minimum atomic E-state index is -0.140. The molecule has 0 amide bonds. The van der Waals surface area contributed by atoms with Crippen molar-refractivity contribution in [2.45, 2.75) is 33.1 Å². The van der Waals surface area contributed by atoms with E-state index in [0.29, 0.717) is 13.0 Å². The second kappa shape index (κ2) is 8.70. The largest absolute Gasteiger partial charge is 0.466 e. The molecule has 3 nitrogen and oxygen atoms in total. The molecular formula is C16H24O3. The standard InChI is InChI=1S/C16H24O3/c1-3-19-16(18)15(11-13(2)12-17)10-9-14-7-5-4-6-8-14/h4-8,13,15,17H,3,9-12H2,1-2H3/t13-,15-/m1/s1. The molecule has 19 heavy (non-hydrogen) atoms. The van der Waals surface area contributed by atoms with Crippen LogP contribution in [0.2, 0.25) is 0 Å². The molecule has 0 bridgehead atoms. The Kier molecular flexibility index (Phi) is 7.19. The molecule has 0 unspecified atom stereocenters. The minimum absolute atomic E-state index is 0.112. The van der Waals surface area contributed by atoms with Crippen molar-refractivity contribution in [1.82, 2.24) is 0 Å². The molecular weight excluding hydrogens is 240 g/mol. The highest BCUT2D eigenvalue weighted by molar-refractivity contribution is 5.72. The Morgan fingerprint density at radius 2 is 2.00 bits per heavy atom. The van der Waals surface area contributed by atoms with Crippen LogP contribution in [0.4, 0.5) is 0 Å². The molecule has 0 saturated heterocycles. The van der Waals surface area contributed by atoms with Gasteiger partial charge in [0.05, 0.1) is 12.5 Å². The summed E-state index contributed by atoms with van der Waals surface area (Å²) in [6, 6.07) is 10.1. The van der Waals surface area contributed by atoms with Crippen LogP contribution in [0.1, 0.15) is 32.3 Å². The number of ether oxygens (including phenoxy) is 1. The first kappa shape index (κ1) is 15.7. The Hall–Kier alpha value is -1.35. The molecule has 0 aliphatic rings. The van der Waals surface area contributed by atoms with E-state index in [2.05, 4.69) is 12.1 Å². The van der Waals surface area contributed by atoms with Crippen LogP contribution in [0.3, 0.4) is 0 Å². The third kappa shape index (κ3) is 5.88. The average molecular weight is 264 g/mol. The van der Waals surface area contributed by atoms with Gasteiger partial charge in [0, 0.05) is 6.61 Å². The molecule has 3 heteroatoms. The third-order valence-electron chi connectivity index (χ3n) is 3.24. The van der Waals surface area contributed by atoms with Crippen LogP contribution >= 0.6 is 0 Å². The lowest BCUT2D eigenvalue weighted by atomic mass is 9.91. The lowest BCUT2D eigenvalue weighted by Crippen LogP contribution is -2.22. The fraction of sp³-hybridized carbons (Fsp3) is 0.562. The molecule has 106 valence electrons. The monoisotopic (exact) mass is 264 g/mol. The quantitative estimate of drug-likeness (QED) is 0.734. The van der Waals surface area contributed by atoms with E-state index < -0.39 is 0 Å².